The van der Waals surface area contributed by atoms with Crippen molar-refractivity contribution in [2.75, 3.05) is 11.5 Å². The third-order valence-corrected chi connectivity index (χ3v) is 10.3. The molecule has 15 nitrogen and oxygen atoms in total. The molecule has 0 saturated carbocycles. The maximum Gasteiger partial charge on any atom is 0.335 e. The second-order valence-corrected chi connectivity index (χ2v) is 15.1. The van der Waals surface area contributed by atoms with Crippen LogP contribution in [0.2, 0.25) is 15.1 Å². The zero-order valence-electron chi connectivity index (χ0n) is 33.3. The van der Waals surface area contributed by atoms with E-state index in [0.717, 1.165) is 55.6 Å². The van der Waals surface area contributed by atoms with Gasteiger partial charge in [-0.3, -0.25) is 24.1 Å². The highest BCUT2D eigenvalue weighted by molar-refractivity contribution is 6.32. The Balaban J connectivity index is 0.000000172. The third kappa shape index (κ3) is 11.1. The van der Waals surface area contributed by atoms with E-state index in [1.807, 2.05) is 55.8 Å². The minimum Gasteiger partial charge on any atom is -0.478 e. The molecule has 0 aliphatic rings. The number of rotatable bonds is 9. The SMILES string of the molecule is Cc1cc(N)nc(C)c1CNC(=O)c1ccnc(Cn2ncc3cc(Cl)ccc32)c1.Cc1nc(N)cc(Cl)c1CN.O=C(O)c1ccnc(Cn2ncc3cc(Cl)ccc32)c1. The van der Waals surface area contributed by atoms with Crippen molar-refractivity contribution in [3.05, 3.63) is 163 Å². The number of amides is 1. The molecule has 0 atom stereocenters. The van der Waals surface area contributed by atoms with Gasteiger partial charge in [0.05, 0.1) is 58.5 Å². The second kappa shape index (κ2) is 19.6. The van der Waals surface area contributed by atoms with Crippen LogP contribution in [0.5, 0.6) is 0 Å². The number of hydrogen-bond acceptors (Lipinski definition) is 11. The normalized spacial score (nSPS) is 10.8. The van der Waals surface area contributed by atoms with E-state index in [9.17, 15) is 9.59 Å². The van der Waals surface area contributed by atoms with E-state index in [0.29, 0.717) is 64.1 Å². The van der Waals surface area contributed by atoms with Crippen molar-refractivity contribution in [1.82, 2.24) is 44.8 Å². The Morgan fingerprint density at radius 2 is 1.20 bits per heavy atom. The van der Waals surface area contributed by atoms with Gasteiger partial charge in [-0.05, 0) is 105 Å². The zero-order chi connectivity index (χ0) is 43.8. The van der Waals surface area contributed by atoms with Gasteiger partial charge in [0.2, 0.25) is 0 Å². The fraction of sp³-hybridized carbons (Fsp3) is 0.163. The van der Waals surface area contributed by atoms with Crippen LogP contribution in [-0.2, 0) is 26.2 Å². The lowest BCUT2D eigenvalue weighted by molar-refractivity contribution is 0.0696. The number of benzene rings is 2. The smallest absolute Gasteiger partial charge is 0.335 e. The van der Waals surface area contributed by atoms with Crippen LogP contribution < -0.4 is 22.5 Å². The maximum atomic E-state index is 12.7. The lowest BCUT2D eigenvalue weighted by Crippen LogP contribution is -2.24. The molecule has 0 aliphatic carbocycles. The van der Waals surface area contributed by atoms with Gasteiger partial charge in [0.25, 0.3) is 5.91 Å². The Labute approximate surface area is 365 Å². The number of pyridine rings is 4. The van der Waals surface area contributed by atoms with Crippen LogP contribution in [0.3, 0.4) is 0 Å². The summed E-state index contributed by atoms with van der Waals surface area (Å²) < 4.78 is 3.60. The highest BCUT2D eigenvalue weighted by Gasteiger charge is 2.13. The van der Waals surface area contributed by atoms with Crippen molar-refractivity contribution in [2.24, 2.45) is 5.73 Å². The number of carbonyl (C=O) groups excluding carboxylic acids is 1. The number of hydrogen-bond donors (Lipinski definition) is 5. The van der Waals surface area contributed by atoms with E-state index >= 15 is 0 Å². The predicted molar refractivity (Wildman–Crippen MR) is 239 cm³/mol. The third-order valence-electron chi connectivity index (χ3n) is 9.47. The summed E-state index contributed by atoms with van der Waals surface area (Å²) in [7, 11) is 0. The Hall–Kier alpha value is -6.65. The number of carboxylic acid groups (broad SMARTS) is 1. The van der Waals surface area contributed by atoms with Gasteiger partial charge < -0.3 is 27.6 Å². The molecule has 8 rings (SSSR count). The molecule has 8 aromatic rings. The van der Waals surface area contributed by atoms with Gasteiger partial charge in [0.1, 0.15) is 11.6 Å². The van der Waals surface area contributed by atoms with E-state index in [2.05, 4.69) is 35.5 Å². The fourth-order valence-electron chi connectivity index (χ4n) is 6.43. The molecule has 18 heteroatoms. The maximum absolute atomic E-state index is 12.7. The van der Waals surface area contributed by atoms with E-state index in [1.165, 1.54) is 12.3 Å². The first-order valence-corrected chi connectivity index (χ1v) is 19.8. The number of aromatic nitrogens is 8. The number of nitrogens with zero attached hydrogens (tertiary/aromatic N) is 8. The molecule has 0 aliphatic heterocycles. The Bertz CT molecular complexity index is 2830. The first-order chi connectivity index (χ1) is 29.2. The van der Waals surface area contributed by atoms with Gasteiger partial charge in [-0.2, -0.15) is 10.2 Å². The average Bonchev–Trinajstić information content (AvgIpc) is 3.80. The topological polar surface area (TPSA) is 232 Å². The Kier molecular flexibility index (Phi) is 14.1. The first kappa shape index (κ1) is 43.9. The number of anilines is 2. The van der Waals surface area contributed by atoms with Gasteiger partial charge in [-0.25, -0.2) is 14.8 Å². The van der Waals surface area contributed by atoms with E-state index in [-0.39, 0.29) is 11.5 Å². The van der Waals surface area contributed by atoms with Crippen molar-refractivity contribution in [2.45, 2.75) is 47.0 Å². The summed E-state index contributed by atoms with van der Waals surface area (Å²) >= 11 is 17.8. The molecular weight excluding hydrogens is 839 g/mol. The summed E-state index contributed by atoms with van der Waals surface area (Å²) in [6, 6.07) is 21.0. The number of nitrogen functional groups attached to an aromatic ring is 2. The lowest BCUT2D eigenvalue weighted by atomic mass is 10.1. The first-order valence-electron chi connectivity index (χ1n) is 18.7. The Morgan fingerprint density at radius 1 is 0.689 bits per heavy atom. The molecule has 0 spiro atoms. The summed E-state index contributed by atoms with van der Waals surface area (Å²) in [6.07, 6.45) is 6.61. The molecule has 8 N–H and O–H groups in total. The van der Waals surface area contributed by atoms with Gasteiger partial charge in [0.15, 0.2) is 0 Å². The molecule has 0 saturated heterocycles. The predicted octanol–water partition coefficient (Wildman–Crippen LogP) is 7.57. The molecule has 0 fully saturated rings. The van der Waals surface area contributed by atoms with E-state index in [1.54, 1.807) is 59.7 Å². The molecule has 61 heavy (non-hydrogen) atoms. The summed E-state index contributed by atoms with van der Waals surface area (Å²) in [5.74, 6) is -0.228. The van der Waals surface area contributed by atoms with Crippen LogP contribution in [-0.4, -0.2) is 56.5 Å². The molecule has 2 aromatic carbocycles. The number of halogens is 3. The number of carbonyl (C=O) groups is 2. The minimum absolute atomic E-state index is 0.175. The number of nitrogens with one attached hydrogen (secondary N) is 1. The summed E-state index contributed by atoms with van der Waals surface area (Å²) in [5.41, 5.74) is 25.1. The van der Waals surface area contributed by atoms with Crippen LogP contribution in [0, 0.1) is 20.8 Å². The number of nitrogens with two attached hydrogens (primary N) is 3. The summed E-state index contributed by atoms with van der Waals surface area (Å²) in [6.45, 7) is 7.32. The fourth-order valence-corrected chi connectivity index (χ4v) is 7.12. The molecule has 312 valence electrons. The van der Waals surface area contributed by atoms with Crippen molar-refractivity contribution in [3.8, 4) is 0 Å². The van der Waals surface area contributed by atoms with Crippen LogP contribution in [0.1, 0.15) is 60.2 Å². The van der Waals surface area contributed by atoms with E-state index in [4.69, 9.17) is 57.1 Å². The van der Waals surface area contributed by atoms with Crippen LogP contribution in [0.4, 0.5) is 11.6 Å². The number of carboxylic acids is 1. The lowest BCUT2D eigenvalue weighted by Gasteiger charge is -2.12. The summed E-state index contributed by atoms with van der Waals surface area (Å²) in [4.78, 5) is 40.5. The molecule has 1 amide bonds. The number of aromatic carboxylic acids is 1. The largest absolute Gasteiger partial charge is 0.478 e. The zero-order valence-corrected chi connectivity index (χ0v) is 35.5. The Morgan fingerprint density at radius 3 is 1.70 bits per heavy atom. The van der Waals surface area contributed by atoms with Gasteiger partial charge in [0, 0.05) is 68.8 Å². The number of fused-ring (bicyclic) bond motifs is 2. The quantitative estimate of drug-likeness (QED) is 0.0945. The molecule has 6 heterocycles. The van der Waals surface area contributed by atoms with E-state index < -0.39 is 5.97 Å². The second-order valence-electron chi connectivity index (χ2n) is 13.8. The monoisotopic (exact) mass is 878 g/mol. The van der Waals surface area contributed by atoms with Gasteiger partial charge in [-0.1, -0.05) is 34.8 Å². The standard InChI is InChI=1S/C22H21ClN6O.C14H10ClN3O2.C7H10ClN3/c1-13-7-21(24)28-14(2)19(13)11-26-22(30)15-5-6-25-18(9-15)12-29-20-4-3-17(23)8-16(20)10-27-29;15-11-1-2-13-10(5-11)7-17-18(13)8-12-6-9(14(19)20)3-4-16-12;1-4-5(3-9)6(8)2-7(10)11-4/h3-10H,11-12H2,1-2H3,(H2,24,28)(H,26,30);1-7H,8H2,(H,19,20);2H,3,9H2,1H3,(H2,10,11). The van der Waals surface area contributed by atoms with Crippen molar-refractivity contribution in [3.63, 3.8) is 0 Å². The molecule has 0 bridgehead atoms. The van der Waals surface area contributed by atoms with Gasteiger partial charge in [-0.15, -0.1) is 0 Å². The highest BCUT2D eigenvalue weighted by Crippen LogP contribution is 2.22. The molecule has 6 aromatic heterocycles. The van der Waals surface area contributed by atoms with Gasteiger partial charge >= 0.3 is 5.97 Å². The molecule has 0 radical (unpaired) electrons. The molecule has 0 unspecified atom stereocenters. The minimum atomic E-state index is -0.967. The molecular formula is C43H41Cl3N12O3. The van der Waals surface area contributed by atoms with Crippen LogP contribution in [0.15, 0.2) is 97.6 Å². The van der Waals surface area contributed by atoms with Crippen LogP contribution in [0.25, 0.3) is 21.8 Å². The average molecular weight is 880 g/mol. The number of aryl methyl sites for hydroxylation is 3. The van der Waals surface area contributed by atoms with Crippen molar-refractivity contribution in [1.29, 1.82) is 0 Å². The van der Waals surface area contributed by atoms with Crippen molar-refractivity contribution >= 4 is 80.1 Å². The highest BCUT2D eigenvalue weighted by atomic mass is 35.5. The summed E-state index contributed by atoms with van der Waals surface area (Å²) in [5, 5.41) is 24.4. The van der Waals surface area contributed by atoms with Crippen molar-refractivity contribution < 1.29 is 14.7 Å². The van der Waals surface area contributed by atoms with Crippen LogP contribution >= 0.6 is 34.8 Å².